The molecule has 4 atom stereocenters. The molecule has 4 unspecified atom stereocenters. The fourth-order valence-corrected chi connectivity index (χ4v) is 1.86. The van der Waals surface area contributed by atoms with Gasteiger partial charge >= 0.3 is 5.69 Å². The zero-order valence-corrected chi connectivity index (χ0v) is 9.43. The molecule has 1 aliphatic rings. The normalized spacial score (nSPS) is 32.9. The predicted octanol–water partition coefficient (Wildman–Crippen LogP) is -0.505. The van der Waals surface area contributed by atoms with E-state index in [9.17, 15) is 14.3 Å². The molecule has 1 aliphatic heterocycles. The highest BCUT2D eigenvalue weighted by Gasteiger charge is 2.45. The quantitative estimate of drug-likeness (QED) is 0.625. The molecular formula is C9H11FN2O4S. The number of aromatic amines is 1. The van der Waals surface area contributed by atoms with E-state index in [1.807, 2.05) is 0 Å². The summed E-state index contributed by atoms with van der Waals surface area (Å²) in [5.41, 5.74) is -0.604. The molecule has 8 heteroatoms. The molecule has 0 bridgehead atoms. The van der Waals surface area contributed by atoms with Crippen LogP contribution in [0.3, 0.4) is 0 Å². The van der Waals surface area contributed by atoms with Crippen molar-refractivity contribution in [2.45, 2.75) is 24.6 Å². The molecule has 2 heterocycles. The first kappa shape index (κ1) is 12.4. The third-order valence-electron chi connectivity index (χ3n) is 2.59. The second-order valence-corrected chi connectivity index (χ2v) is 4.14. The van der Waals surface area contributed by atoms with Gasteiger partial charge in [-0.2, -0.15) is 0 Å². The lowest BCUT2D eigenvalue weighted by Crippen LogP contribution is -2.34. The van der Waals surface area contributed by atoms with Crippen LogP contribution in [0.15, 0.2) is 17.1 Å². The van der Waals surface area contributed by atoms with E-state index in [0.717, 1.165) is 4.57 Å². The fourth-order valence-electron chi connectivity index (χ4n) is 1.71. The first-order valence-electron chi connectivity index (χ1n) is 4.94. The number of aliphatic hydroxyl groups is 2. The summed E-state index contributed by atoms with van der Waals surface area (Å²) in [6, 6.07) is 1.42. The SMILES string of the molecule is O=c1[nH]c(=S)ccn1C1OC(CO)C(F)C1O. The maximum atomic E-state index is 13.4. The molecule has 1 saturated heterocycles. The number of nitrogens with one attached hydrogen (secondary N) is 1. The van der Waals surface area contributed by atoms with Crippen LogP contribution in [-0.4, -0.2) is 44.8 Å². The summed E-state index contributed by atoms with van der Waals surface area (Å²) >= 11 is 4.75. The van der Waals surface area contributed by atoms with Gasteiger partial charge in [-0.15, -0.1) is 0 Å². The van der Waals surface area contributed by atoms with Gasteiger partial charge < -0.3 is 14.9 Å². The molecular weight excluding hydrogens is 251 g/mol. The van der Waals surface area contributed by atoms with Gasteiger partial charge in [-0.25, -0.2) is 9.18 Å². The number of aromatic nitrogens is 2. The van der Waals surface area contributed by atoms with Crippen molar-refractivity contribution in [3.8, 4) is 0 Å². The molecule has 17 heavy (non-hydrogen) atoms. The molecule has 0 amide bonds. The molecule has 2 rings (SSSR count). The Bertz CT molecular complexity index is 516. The first-order valence-corrected chi connectivity index (χ1v) is 5.35. The van der Waals surface area contributed by atoms with Crippen LogP contribution in [-0.2, 0) is 4.74 Å². The maximum absolute atomic E-state index is 13.4. The molecule has 0 saturated carbocycles. The van der Waals surface area contributed by atoms with E-state index in [4.69, 9.17) is 22.1 Å². The Morgan fingerprint density at radius 3 is 2.88 bits per heavy atom. The molecule has 1 aromatic heterocycles. The van der Waals surface area contributed by atoms with Gasteiger partial charge in [0.05, 0.1) is 6.61 Å². The monoisotopic (exact) mass is 262 g/mol. The Hall–Kier alpha value is -1.09. The summed E-state index contributed by atoms with van der Waals surface area (Å²) in [5, 5.41) is 18.4. The van der Waals surface area contributed by atoms with E-state index in [2.05, 4.69) is 4.98 Å². The van der Waals surface area contributed by atoms with Crippen LogP contribution >= 0.6 is 12.2 Å². The van der Waals surface area contributed by atoms with Gasteiger partial charge in [0.2, 0.25) is 0 Å². The molecule has 94 valence electrons. The average Bonchev–Trinajstić information content (AvgIpc) is 2.57. The van der Waals surface area contributed by atoms with Crippen LogP contribution in [0.1, 0.15) is 6.23 Å². The highest BCUT2D eigenvalue weighted by atomic mass is 32.1. The Balaban J connectivity index is 2.35. The molecule has 6 nitrogen and oxygen atoms in total. The zero-order valence-electron chi connectivity index (χ0n) is 8.62. The highest BCUT2D eigenvalue weighted by molar-refractivity contribution is 7.71. The van der Waals surface area contributed by atoms with Crippen LogP contribution in [0.5, 0.6) is 0 Å². The van der Waals surface area contributed by atoms with Gasteiger partial charge in [-0.1, -0.05) is 12.2 Å². The van der Waals surface area contributed by atoms with Crippen LogP contribution < -0.4 is 5.69 Å². The van der Waals surface area contributed by atoms with Crippen LogP contribution in [0, 0.1) is 4.64 Å². The summed E-state index contributed by atoms with van der Waals surface area (Å²) in [7, 11) is 0. The second kappa shape index (κ2) is 4.65. The van der Waals surface area contributed by atoms with Crippen molar-refractivity contribution >= 4 is 12.2 Å². The Morgan fingerprint density at radius 2 is 2.35 bits per heavy atom. The van der Waals surface area contributed by atoms with Gasteiger partial charge in [0.15, 0.2) is 12.4 Å². The van der Waals surface area contributed by atoms with Crippen LogP contribution in [0.25, 0.3) is 0 Å². The predicted molar refractivity (Wildman–Crippen MR) is 57.8 cm³/mol. The lowest BCUT2D eigenvalue weighted by molar-refractivity contribution is -0.0537. The number of H-pyrrole nitrogens is 1. The van der Waals surface area contributed by atoms with E-state index in [1.165, 1.54) is 12.3 Å². The summed E-state index contributed by atoms with van der Waals surface area (Å²) in [5.74, 6) is 0. The topological polar surface area (TPSA) is 87.5 Å². The highest BCUT2D eigenvalue weighted by Crippen LogP contribution is 2.29. The Kier molecular flexibility index (Phi) is 3.38. The molecule has 0 aliphatic carbocycles. The van der Waals surface area contributed by atoms with Gasteiger partial charge in [-0.05, 0) is 6.07 Å². The van der Waals surface area contributed by atoms with Crippen molar-refractivity contribution in [1.29, 1.82) is 0 Å². The van der Waals surface area contributed by atoms with E-state index < -0.39 is 36.9 Å². The summed E-state index contributed by atoms with van der Waals surface area (Å²) in [6.07, 6.45) is -4.23. The third kappa shape index (κ3) is 2.16. The fraction of sp³-hybridized carbons (Fsp3) is 0.556. The zero-order chi connectivity index (χ0) is 12.6. The van der Waals surface area contributed by atoms with Gasteiger partial charge in [0.25, 0.3) is 0 Å². The van der Waals surface area contributed by atoms with Crippen molar-refractivity contribution in [3.63, 3.8) is 0 Å². The smallest absolute Gasteiger partial charge is 0.328 e. The molecule has 3 N–H and O–H groups in total. The molecule has 0 spiro atoms. The number of ether oxygens (including phenoxy) is 1. The lowest BCUT2D eigenvalue weighted by Gasteiger charge is -2.16. The number of hydrogen-bond acceptors (Lipinski definition) is 5. The Labute approximate surface area is 100 Å². The Morgan fingerprint density at radius 1 is 1.65 bits per heavy atom. The summed E-state index contributed by atoms with van der Waals surface area (Å²) < 4.78 is 19.8. The number of hydrogen-bond donors (Lipinski definition) is 3. The standard InChI is InChI=1S/C9H11FN2O4S/c10-6-4(3-13)16-8(7(6)14)12-2-1-5(17)11-9(12)15/h1-2,4,6-8,13-14H,3H2,(H,11,15,17). The van der Waals surface area contributed by atoms with E-state index >= 15 is 0 Å². The first-order chi connectivity index (χ1) is 8.04. The van der Waals surface area contributed by atoms with Crippen molar-refractivity contribution in [3.05, 3.63) is 27.4 Å². The van der Waals surface area contributed by atoms with Gasteiger partial charge in [0.1, 0.15) is 16.8 Å². The molecule has 0 aromatic carbocycles. The van der Waals surface area contributed by atoms with Gasteiger partial charge in [-0.3, -0.25) is 9.55 Å². The van der Waals surface area contributed by atoms with E-state index in [0.29, 0.717) is 0 Å². The summed E-state index contributed by atoms with van der Waals surface area (Å²) in [4.78, 5) is 13.9. The number of halogens is 1. The van der Waals surface area contributed by atoms with Crippen molar-refractivity contribution < 1.29 is 19.3 Å². The van der Waals surface area contributed by atoms with Crippen molar-refractivity contribution in [2.75, 3.05) is 6.61 Å². The molecule has 1 fully saturated rings. The van der Waals surface area contributed by atoms with Crippen LogP contribution in [0.2, 0.25) is 0 Å². The molecule has 0 radical (unpaired) electrons. The van der Waals surface area contributed by atoms with E-state index in [1.54, 1.807) is 0 Å². The van der Waals surface area contributed by atoms with Crippen molar-refractivity contribution in [2.24, 2.45) is 0 Å². The largest absolute Gasteiger partial charge is 0.394 e. The summed E-state index contributed by atoms with van der Waals surface area (Å²) in [6.45, 7) is -0.563. The minimum atomic E-state index is -1.74. The lowest BCUT2D eigenvalue weighted by atomic mass is 10.1. The second-order valence-electron chi connectivity index (χ2n) is 3.70. The number of aliphatic hydroxyl groups excluding tert-OH is 2. The number of alkyl halides is 1. The van der Waals surface area contributed by atoms with Crippen LogP contribution in [0.4, 0.5) is 4.39 Å². The third-order valence-corrected chi connectivity index (χ3v) is 2.83. The van der Waals surface area contributed by atoms with E-state index in [-0.39, 0.29) is 4.64 Å². The van der Waals surface area contributed by atoms with Gasteiger partial charge in [0, 0.05) is 6.20 Å². The number of nitrogens with zero attached hydrogens (tertiary/aromatic N) is 1. The number of rotatable bonds is 2. The van der Waals surface area contributed by atoms with Crippen molar-refractivity contribution in [1.82, 2.24) is 9.55 Å². The molecule has 1 aromatic rings. The minimum Gasteiger partial charge on any atom is -0.394 e. The minimum absolute atomic E-state index is 0.231. The average molecular weight is 262 g/mol. The maximum Gasteiger partial charge on any atom is 0.328 e.